The van der Waals surface area contributed by atoms with Crippen LogP contribution in [0.2, 0.25) is 0 Å². The molecule has 0 unspecified atom stereocenters. The van der Waals surface area contributed by atoms with Crippen LogP contribution in [0.25, 0.3) is 0 Å². The Labute approximate surface area is 150 Å². The SMILES string of the molecule is CC(C)(C)OC(=O)N1CCC[C@]2(CN(Cc3ccccc3)CCO2)C1. The molecule has 0 N–H and O–H groups in total. The fourth-order valence-corrected chi connectivity index (χ4v) is 3.73. The van der Waals surface area contributed by atoms with E-state index in [4.69, 9.17) is 9.47 Å². The molecule has 3 rings (SSSR count). The maximum atomic E-state index is 12.4. The summed E-state index contributed by atoms with van der Waals surface area (Å²) >= 11 is 0. The maximum absolute atomic E-state index is 12.4. The Balaban J connectivity index is 1.63. The van der Waals surface area contributed by atoms with Crippen LogP contribution in [-0.4, -0.2) is 59.9 Å². The number of rotatable bonds is 2. The van der Waals surface area contributed by atoms with Crippen molar-refractivity contribution in [2.45, 2.75) is 51.4 Å². The number of carbonyl (C=O) groups excluding carboxylic acids is 1. The second kappa shape index (κ2) is 7.34. The summed E-state index contributed by atoms with van der Waals surface area (Å²) in [7, 11) is 0. The predicted molar refractivity (Wildman–Crippen MR) is 97.4 cm³/mol. The van der Waals surface area contributed by atoms with E-state index in [9.17, 15) is 4.79 Å². The van der Waals surface area contributed by atoms with E-state index in [2.05, 4.69) is 29.2 Å². The maximum Gasteiger partial charge on any atom is 0.410 e. The van der Waals surface area contributed by atoms with Crippen molar-refractivity contribution in [3.05, 3.63) is 35.9 Å². The lowest BCUT2D eigenvalue weighted by atomic mass is 9.90. The Morgan fingerprint density at radius 3 is 2.68 bits per heavy atom. The Kier molecular flexibility index (Phi) is 5.35. The standard InChI is InChI=1S/C20H30N2O3/c1-19(2,3)25-18(23)22-11-7-10-20(16-22)15-21(12-13-24-20)14-17-8-5-4-6-9-17/h4-6,8-9H,7,10-16H2,1-3H3/t20-/m0/s1. The van der Waals surface area contributed by atoms with E-state index in [1.807, 2.05) is 31.7 Å². The van der Waals surface area contributed by atoms with Crippen molar-refractivity contribution in [3.8, 4) is 0 Å². The van der Waals surface area contributed by atoms with Gasteiger partial charge in [-0.2, -0.15) is 0 Å². The Morgan fingerprint density at radius 1 is 1.20 bits per heavy atom. The first-order valence-electron chi connectivity index (χ1n) is 9.23. The van der Waals surface area contributed by atoms with Gasteiger partial charge in [-0.25, -0.2) is 4.79 Å². The second-order valence-electron chi connectivity index (χ2n) is 8.23. The molecule has 2 saturated heterocycles. The summed E-state index contributed by atoms with van der Waals surface area (Å²) in [6, 6.07) is 10.5. The molecule has 2 aliphatic rings. The lowest BCUT2D eigenvalue weighted by molar-refractivity contribution is -0.140. The molecule has 2 fully saturated rings. The quantitative estimate of drug-likeness (QED) is 0.824. The van der Waals surface area contributed by atoms with E-state index in [1.54, 1.807) is 0 Å². The molecule has 2 aliphatic heterocycles. The van der Waals surface area contributed by atoms with Crippen molar-refractivity contribution < 1.29 is 14.3 Å². The molecule has 5 nitrogen and oxygen atoms in total. The Bertz CT molecular complexity index is 580. The molecule has 2 heterocycles. The van der Waals surface area contributed by atoms with Crippen LogP contribution < -0.4 is 0 Å². The summed E-state index contributed by atoms with van der Waals surface area (Å²) in [5.41, 5.74) is 0.593. The van der Waals surface area contributed by atoms with Gasteiger partial charge in [-0.1, -0.05) is 30.3 Å². The minimum atomic E-state index is -0.464. The first-order valence-corrected chi connectivity index (χ1v) is 9.23. The van der Waals surface area contributed by atoms with E-state index in [-0.39, 0.29) is 11.7 Å². The summed E-state index contributed by atoms with van der Waals surface area (Å²) < 4.78 is 11.7. The highest BCUT2D eigenvalue weighted by Crippen LogP contribution is 2.30. The summed E-state index contributed by atoms with van der Waals surface area (Å²) in [4.78, 5) is 16.7. The number of hydrogen-bond acceptors (Lipinski definition) is 4. The summed E-state index contributed by atoms with van der Waals surface area (Å²) in [6.45, 7) is 10.5. The van der Waals surface area contributed by atoms with Crippen LogP contribution >= 0.6 is 0 Å². The van der Waals surface area contributed by atoms with Crippen molar-refractivity contribution in [1.29, 1.82) is 0 Å². The molecule has 0 saturated carbocycles. The molecule has 0 bridgehead atoms. The molecule has 0 aromatic heterocycles. The van der Waals surface area contributed by atoms with E-state index < -0.39 is 5.60 Å². The monoisotopic (exact) mass is 346 g/mol. The van der Waals surface area contributed by atoms with Gasteiger partial charge < -0.3 is 14.4 Å². The number of amides is 1. The van der Waals surface area contributed by atoms with Gasteiger partial charge in [0.1, 0.15) is 5.60 Å². The van der Waals surface area contributed by atoms with Crippen molar-refractivity contribution in [2.24, 2.45) is 0 Å². The summed E-state index contributed by atoms with van der Waals surface area (Å²) in [6.07, 6.45) is 1.73. The number of piperidine rings is 1. The van der Waals surface area contributed by atoms with Gasteiger partial charge in [-0.05, 0) is 39.2 Å². The number of carbonyl (C=O) groups is 1. The van der Waals surface area contributed by atoms with Gasteiger partial charge in [0.25, 0.3) is 0 Å². The van der Waals surface area contributed by atoms with Gasteiger partial charge in [0.15, 0.2) is 0 Å². The highest BCUT2D eigenvalue weighted by atomic mass is 16.6. The molecule has 1 aromatic carbocycles. The molecule has 1 amide bonds. The molecular weight excluding hydrogens is 316 g/mol. The highest BCUT2D eigenvalue weighted by molar-refractivity contribution is 5.68. The molecule has 25 heavy (non-hydrogen) atoms. The van der Waals surface area contributed by atoms with Gasteiger partial charge in [0, 0.05) is 26.2 Å². The van der Waals surface area contributed by atoms with E-state index >= 15 is 0 Å². The predicted octanol–water partition coefficient (Wildman–Crippen LogP) is 3.29. The zero-order chi connectivity index (χ0) is 17.9. The third kappa shape index (κ3) is 4.95. The van der Waals surface area contributed by atoms with Gasteiger partial charge in [-0.3, -0.25) is 4.90 Å². The fourth-order valence-electron chi connectivity index (χ4n) is 3.73. The van der Waals surface area contributed by atoms with Crippen LogP contribution in [0, 0.1) is 0 Å². The van der Waals surface area contributed by atoms with E-state index in [0.29, 0.717) is 6.54 Å². The van der Waals surface area contributed by atoms with Crippen LogP contribution in [0.5, 0.6) is 0 Å². The zero-order valence-electron chi connectivity index (χ0n) is 15.7. The number of nitrogens with zero attached hydrogens (tertiary/aromatic N) is 2. The van der Waals surface area contributed by atoms with Crippen molar-refractivity contribution >= 4 is 6.09 Å². The average Bonchev–Trinajstić information content (AvgIpc) is 2.54. The largest absolute Gasteiger partial charge is 0.444 e. The van der Waals surface area contributed by atoms with Gasteiger partial charge in [-0.15, -0.1) is 0 Å². The first-order chi connectivity index (χ1) is 11.9. The van der Waals surface area contributed by atoms with E-state index in [1.165, 1.54) is 5.56 Å². The number of ether oxygens (including phenoxy) is 2. The molecule has 138 valence electrons. The molecule has 1 aromatic rings. The second-order valence-corrected chi connectivity index (χ2v) is 8.23. The zero-order valence-corrected chi connectivity index (χ0v) is 15.7. The molecular formula is C20H30N2O3. The fraction of sp³-hybridized carbons (Fsp3) is 0.650. The minimum Gasteiger partial charge on any atom is -0.444 e. The molecule has 1 spiro atoms. The lowest BCUT2D eigenvalue weighted by Crippen LogP contribution is -2.60. The molecule has 0 aliphatic carbocycles. The first kappa shape index (κ1) is 18.2. The highest BCUT2D eigenvalue weighted by Gasteiger charge is 2.42. The average molecular weight is 346 g/mol. The van der Waals surface area contributed by atoms with Crippen LogP contribution in [0.1, 0.15) is 39.2 Å². The van der Waals surface area contributed by atoms with Gasteiger partial charge in [0.05, 0.1) is 18.8 Å². The van der Waals surface area contributed by atoms with Gasteiger partial charge in [0.2, 0.25) is 0 Å². The van der Waals surface area contributed by atoms with Crippen molar-refractivity contribution in [2.75, 3.05) is 32.8 Å². The van der Waals surface area contributed by atoms with Crippen molar-refractivity contribution in [3.63, 3.8) is 0 Å². The molecule has 5 heteroatoms. The lowest BCUT2D eigenvalue weighted by Gasteiger charge is -2.48. The number of likely N-dealkylation sites (tertiary alicyclic amines) is 1. The number of benzene rings is 1. The van der Waals surface area contributed by atoms with Crippen molar-refractivity contribution in [1.82, 2.24) is 9.80 Å². The smallest absolute Gasteiger partial charge is 0.410 e. The topological polar surface area (TPSA) is 42.0 Å². The summed E-state index contributed by atoms with van der Waals surface area (Å²) in [5.74, 6) is 0. The van der Waals surface area contributed by atoms with E-state index in [0.717, 1.165) is 45.6 Å². The minimum absolute atomic E-state index is 0.227. The number of hydrogen-bond donors (Lipinski definition) is 0. The molecule has 1 atom stereocenters. The summed E-state index contributed by atoms with van der Waals surface area (Å²) in [5, 5.41) is 0. The Hall–Kier alpha value is -1.59. The van der Waals surface area contributed by atoms with Crippen LogP contribution in [0.3, 0.4) is 0 Å². The van der Waals surface area contributed by atoms with Crippen LogP contribution in [0.15, 0.2) is 30.3 Å². The molecule has 0 radical (unpaired) electrons. The van der Waals surface area contributed by atoms with Crippen LogP contribution in [-0.2, 0) is 16.0 Å². The van der Waals surface area contributed by atoms with Crippen LogP contribution in [0.4, 0.5) is 4.79 Å². The third-order valence-electron chi connectivity index (χ3n) is 4.77. The normalized spacial score (nSPS) is 25.2. The Morgan fingerprint density at radius 2 is 1.96 bits per heavy atom. The van der Waals surface area contributed by atoms with Gasteiger partial charge >= 0.3 is 6.09 Å². The number of morpholine rings is 1. The third-order valence-corrected chi connectivity index (χ3v) is 4.77.